The number of fused-ring (bicyclic) bond motifs is 25. The standard InChI is InChI=1S/C102H66B2N4O3/c1-101(2)75-31-10-8-28-65(75)68-49-51-71-70-30-21-45-89(97(70)110-99(71)93(68)101)107-83-39-18-14-35-79(83)104-80-36-15-19-40-84(80)108(88-44-23-43-87(107)96(88)104)90-56-62(55-74-72-52-50-69-66-29-9-11-32-76(66)102(3,4)94(69)100(72)111-98(74)90)61-46-48-67-73-58-64(47-53-91(73)109-92(67)57-61)106-82-38-17-13-34-78(82)103-77-33-12-16-37-81(77)105(85-41-22-42-86(106)95(85)103)63-27-20-26-60(54-63)59-24-6-5-7-25-59/h5-58H,1-4H3. The van der Waals surface area contributed by atoms with E-state index >= 15 is 0 Å². The van der Waals surface area contributed by atoms with Crippen LogP contribution in [0.15, 0.2) is 341 Å². The number of para-hydroxylation sites is 5. The first-order valence-electron chi connectivity index (χ1n) is 38.8. The highest BCUT2D eigenvalue weighted by Gasteiger charge is 2.47. The van der Waals surface area contributed by atoms with Gasteiger partial charge in [-0.3, -0.25) is 0 Å². The molecule has 0 spiro atoms. The Balaban J connectivity index is 0.663. The maximum Gasteiger partial charge on any atom is 0.252 e. The van der Waals surface area contributed by atoms with E-state index in [2.05, 4.69) is 375 Å². The maximum atomic E-state index is 7.76. The Morgan fingerprint density at radius 1 is 0.234 bits per heavy atom. The largest absolute Gasteiger partial charge is 0.456 e. The molecule has 0 unspecified atom stereocenters. The number of hydrogen-bond donors (Lipinski definition) is 0. The van der Waals surface area contributed by atoms with Gasteiger partial charge in [0, 0.05) is 111 Å². The molecule has 7 heterocycles. The Kier molecular flexibility index (Phi) is 12.1. The summed E-state index contributed by atoms with van der Waals surface area (Å²) >= 11 is 0. The molecular weight excluding hydrogens is 1350 g/mol. The van der Waals surface area contributed by atoms with Gasteiger partial charge >= 0.3 is 0 Å². The fraction of sp³-hybridized carbons (Fsp3) is 0.0588. The van der Waals surface area contributed by atoms with Crippen molar-refractivity contribution < 1.29 is 13.3 Å². The van der Waals surface area contributed by atoms with Crippen LogP contribution >= 0.6 is 0 Å². The van der Waals surface area contributed by atoms with Gasteiger partial charge in [0.15, 0.2) is 11.2 Å². The summed E-state index contributed by atoms with van der Waals surface area (Å²) in [6.07, 6.45) is 0. The van der Waals surface area contributed by atoms with Gasteiger partial charge in [0.05, 0.1) is 11.4 Å². The van der Waals surface area contributed by atoms with E-state index in [0.717, 1.165) is 134 Å². The average Bonchev–Trinajstić information content (AvgIpc) is 1.37. The van der Waals surface area contributed by atoms with Crippen LogP contribution in [0.5, 0.6) is 0 Å². The molecule has 0 saturated carbocycles. The van der Waals surface area contributed by atoms with Crippen LogP contribution < -0.4 is 52.4 Å². The van der Waals surface area contributed by atoms with Crippen molar-refractivity contribution in [3.63, 3.8) is 0 Å². The minimum atomic E-state index is -0.331. The van der Waals surface area contributed by atoms with Gasteiger partial charge in [-0.05, 0) is 210 Å². The van der Waals surface area contributed by atoms with E-state index in [9.17, 15) is 0 Å². The second-order valence-corrected chi connectivity index (χ2v) is 32.1. The number of rotatable bonds is 6. The maximum absolute atomic E-state index is 7.76. The molecule has 25 rings (SSSR count). The molecule has 4 aliphatic heterocycles. The molecule has 6 aliphatic rings. The zero-order valence-electron chi connectivity index (χ0n) is 61.3. The molecule has 9 heteroatoms. The van der Waals surface area contributed by atoms with Gasteiger partial charge in [-0.15, -0.1) is 0 Å². The molecular formula is C102H66B2N4O3. The molecule has 16 aromatic carbocycles. The van der Waals surface area contributed by atoms with Crippen molar-refractivity contribution >= 4 is 180 Å². The third-order valence-electron chi connectivity index (χ3n) is 25.8. The van der Waals surface area contributed by atoms with Crippen molar-refractivity contribution in [3.8, 4) is 44.5 Å². The van der Waals surface area contributed by atoms with Gasteiger partial charge < -0.3 is 32.9 Å². The summed E-state index contributed by atoms with van der Waals surface area (Å²) in [5, 5.41) is 6.46. The Morgan fingerprint density at radius 2 is 0.667 bits per heavy atom. The molecule has 111 heavy (non-hydrogen) atoms. The Labute approximate surface area is 641 Å². The van der Waals surface area contributed by atoms with Crippen LogP contribution in [0.1, 0.15) is 49.9 Å². The summed E-state index contributed by atoms with van der Waals surface area (Å²) in [6.45, 7) is 9.32. The first kappa shape index (κ1) is 61.3. The van der Waals surface area contributed by atoms with E-state index in [-0.39, 0.29) is 24.3 Å². The van der Waals surface area contributed by atoms with Crippen LogP contribution in [-0.4, -0.2) is 13.4 Å². The molecule has 0 radical (unpaired) electrons. The predicted molar refractivity (Wildman–Crippen MR) is 462 cm³/mol. The van der Waals surface area contributed by atoms with Crippen LogP contribution in [0, 0.1) is 0 Å². The molecule has 0 saturated heterocycles. The lowest BCUT2D eigenvalue weighted by Crippen LogP contribution is -2.61. The zero-order valence-corrected chi connectivity index (χ0v) is 61.3. The van der Waals surface area contributed by atoms with E-state index in [0.29, 0.717) is 0 Å². The lowest BCUT2D eigenvalue weighted by molar-refractivity contribution is 0.619. The van der Waals surface area contributed by atoms with E-state index in [1.54, 1.807) is 0 Å². The minimum absolute atomic E-state index is 0.0156. The number of benzene rings is 16. The Bertz CT molecular complexity index is 7360. The lowest BCUT2D eigenvalue weighted by atomic mass is 9.33. The van der Waals surface area contributed by atoms with Crippen LogP contribution in [0.3, 0.4) is 0 Å². The monoisotopic (exact) mass is 1420 g/mol. The highest BCUT2D eigenvalue weighted by atomic mass is 16.3. The number of furan rings is 3. The first-order chi connectivity index (χ1) is 54.6. The minimum Gasteiger partial charge on any atom is -0.456 e. The van der Waals surface area contributed by atoms with Crippen molar-refractivity contribution in [2.45, 2.75) is 38.5 Å². The number of anilines is 12. The predicted octanol–water partition coefficient (Wildman–Crippen LogP) is 23.5. The Hall–Kier alpha value is -13.8. The van der Waals surface area contributed by atoms with E-state index in [4.69, 9.17) is 13.3 Å². The highest BCUT2D eigenvalue weighted by Crippen LogP contribution is 2.58. The first-order valence-corrected chi connectivity index (χ1v) is 38.8. The number of hydrogen-bond acceptors (Lipinski definition) is 7. The molecule has 7 nitrogen and oxygen atoms in total. The molecule has 19 aromatic rings. The summed E-state index contributed by atoms with van der Waals surface area (Å²) in [5.74, 6) is 0. The van der Waals surface area contributed by atoms with Crippen LogP contribution in [-0.2, 0) is 10.8 Å². The fourth-order valence-corrected chi connectivity index (χ4v) is 21.1. The van der Waals surface area contributed by atoms with Gasteiger partial charge in [0.1, 0.15) is 22.3 Å². The summed E-state index contributed by atoms with van der Waals surface area (Å²) in [6, 6.07) is 122. The smallest absolute Gasteiger partial charge is 0.252 e. The quantitative estimate of drug-likeness (QED) is 0.154. The molecule has 0 N–H and O–H groups in total. The summed E-state index contributed by atoms with van der Waals surface area (Å²) < 4.78 is 22.4. The lowest BCUT2D eigenvalue weighted by Gasteiger charge is -2.44. The second-order valence-electron chi connectivity index (χ2n) is 32.1. The van der Waals surface area contributed by atoms with Gasteiger partial charge in [-0.2, -0.15) is 0 Å². The molecule has 0 fully saturated rings. The third-order valence-corrected chi connectivity index (χ3v) is 25.8. The zero-order chi connectivity index (χ0) is 73.0. The van der Waals surface area contributed by atoms with E-state index in [1.807, 2.05) is 0 Å². The van der Waals surface area contributed by atoms with Crippen molar-refractivity contribution in [2.75, 3.05) is 19.6 Å². The molecule has 0 amide bonds. The molecule has 518 valence electrons. The van der Waals surface area contributed by atoms with E-state index in [1.165, 1.54) is 99.8 Å². The molecule has 0 atom stereocenters. The fourth-order valence-electron chi connectivity index (χ4n) is 21.1. The summed E-state index contributed by atoms with van der Waals surface area (Å²) in [7, 11) is 0. The second kappa shape index (κ2) is 22.0. The van der Waals surface area contributed by atoms with Gasteiger partial charge in [0.25, 0.3) is 13.4 Å². The highest BCUT2D eigenvalue weighted by molar-refractivity contribution is 7.01. The van der Waals surface area contributed by atoms with Gasteiger partial charge in [0.2, 0.25) is 0 Å². The van der Waals surface area contributed by atoms with Crippen LogP contribution in [0.25, 0.3) is 110 Å². The average molecular weight is 1420 g/mol. The number of nitrogens with zero attached hydrogens (tertiary/aromatic N) is 4. The van der Waals surface area contributed by atoms with Gasteiger partial charge in [-0.25, -0.2) is 0 Å². The summed E-state index contributed by atoms with van der Waals surface area (Å²) in [4.78, 5) is 9.96. The van der Waals surface area contributed by atoms with Crippen molar-refractivity contribution in [1.29, 1.82) is 0 Å². The van der Waals surface area contributed by atoms with Crippen LogP contribution in [0.4, 0.5) is 68.2 Å². The molecule has 3 aromatic heterocycles. The normalized spacial score (nSPS) is 14.7. The topological polar surface area (TPSA) is 52.4 Å². The Morgan fingerprint density at radius 3 is 1.26 bits per heavy atom. The van der Waals surface area contributed by atoms with E-state index < -0.39 is 0 Å². The molecule has 2 aliphatic carbocycles. The third kappa shape index (κ3) is 8.13. The SMILES string of the molecule is CC1(C)c2ccccc2-c2ccc3c(oc4c(N5c6ccccc6B6c7ccccc7N(c7cc(-c8ccc9c(c8)oc8ccc(N%10c%11ccccc%11B%11c%12ccccc%12N(c%12cccc(-c%13ccccc%13)c%12)c%12cccc%10c%12%11)cc89)cc8c7oc7c9c(ccc78)-c7ccccc7C9(C)C)c7cccc5c76)cccc43)c21. The van der Waals surface area contributed by atoms with Crippen LogP contribution in [0.2, 0.25) is 0 Å². The van der Waals surface area contributed by atoms with Crippen molar-refractivity contribution in [2.24, 2.45) is 0 Å². The van der Waals surface area contributed by atoms with Gasteiger partial charge in [-0.1, -0.05) is 234 Å². The van der Waals surface area contributed by atoms with Crippen molar-refractivity contribution in [1.82, 2.24) is 0 Å². The summed E-state index contributed by atoms with van der Waals surface area (Å²) in [5.41, 5.74) is 39.9. The van der Waals surface area contributed by atoms with Crippen molar-refractivity contribution in [3.05, 3.63) is 350 Å². The molecule has 0 bridgehead atoms.